The number of anilines is 1. The van der Waals surface area contributed by atoms with Gasteiger partial charge in [0, 0.05) is 17.4 Å². The summed E-state index contributed by atoms with van der Waals surface area (Å²) in [6, 6.07) is 14.8. The highest BCUT2D eigenvalue weighted by Gasteiger charge is 2.10. The van der Waals surface area contributed by atoms with E-state index in [9.17, 15) is 4.39 Å². The maximum atomic E-state index is 13.6. The van der Waals surface area contributed by atoms with Crippen LogP contribution in [-0.2, 0) is 6.42 Å². The first-order valence-corrected chi connectivity index (χ1v) is 7.51. The van der Waals surface area contributed by atoms with Gasteiger partial charge in [0.25, 0.3) is 0 Å². The van der Waals surface area contributed by atoms with Gasteiger partial charge in [0.1, 0.15) is 23.2 Å². The maximum Gasteiger partial charge on any atom is 0.153 e. The van der Waals surface area contributed by atoms with Crippen LogP contribution < -0.4 is 5.32 Å². The normalized spacial score (nSPS) is 11.2. The molecule has 2 heterocycles. The van der Waals surface area contributed by atoms with Gasteiger partial charge in [-0.3, -0.25) is 0 Å². The van der Waals surface area contributed by atoms with Crippen LogP contribution in [0.1, 0.15) is 5.56 Å². The van der Waals surface area contributed by atoms with Crippen LogP contribution in [0.5, 0.6) is 0 Å². The van der Waals surface area contributed by atoms with Gasteiger partial charge in [-0.15, -0.1) is 0 Å². The number of aromatic nitrogens is 3. The third-order valence-corrected chi connectivity index (χ3v) is 3.93. The zero-order chi connectivity index (χ0) is 15.6. The molecule has 0 aliphatic heterocycles. The molecule has 0 bridgehead atoms. The van der Waals surface area contributed by atoms with Crippen LogP contribution in [-0.4, -0.2) is 21.5 Å². The van der Waals surface area contributed by atoms with Gasteiger partial charge in [0.2, 0.25) is 0 Å². The summed E-state index contributed by atoms with van der Waals surface area (Å²) in [5, 5.41) is 4.35. The molecule has 0 saturated carbocycles. The van der Waals surface area contributed by atoms with E-state index in [0.717, 1.165) is 27.8 Å². The molecule has 0 atom stereocenters. The third kappa shape index (κ3) is 2.50. The molecule has 0 fully saturated rings. The Kier molecular flexibility index (Phi) is 3.38. The summed E-state index contributed by atoms with van der Waals surface area (Å²) in [5.74, 6) is 0.565. The van der Waals surface area contributed by atoms with Gasteiger partial charge in [-0.05, 0) is 24.1 Å². The van der Waals surface area contributed by atoms with Crippen molar-refractivity contribution in [1.29, 1.82) is 0 Å². The van der Waals surface area contributed by atoms with E-state index in [4.69, 9.17) is 0 Å². The average Bonchev–Trinajstić information content (AvgIpc) is 2.96. The van der Waals surface area contributed by atoms with Crippen LogP contribution in [0.4, 0.5) is 10.2 Å². The summed E-state index contributed by atoms with van der Waals surface area (Å²) in [5.41, 5.74) is 3.49. The first kappa shape index (κ1) is 13.7. The van der Waals surface area contributed by atoms with Crippen LogP contribution in [0, 0.1) is 5.82 Å². The summed E-state index contributed by atoms with van der Waals surface area (Å²) in [7, 11) is 0. The van der Waals surface area contributed by atoms with Gasteiger partial charge in [-0.2, -0.15) is 0 Å². The Labute approximate surface area is 132 Å². The molecule has 2 N–H and O–H groups in total. The zero-order valence-electron chi connectivity index (χ0n) is 12.4. The lowest BCUT2D eigenvalue weighted by molar-refractivity contribution is 0.610. The molecule has 0 amide bonds. The van der Waals surface area contributed by atoms with Crippen molar-refractivity contribution >= 4 is 27.8 Å². The molecule has 0 radical (unpaired) electrons. The molecule has 0 saturated heterocycles. The van der Waals surface area contributed by atoms with Crippen LogP contribution in [0.15, 0.2) is 54.9 Å². The van der Waals surface area contributed by atoms with Gasteiger partial charge in [-0.1, -0.05) is 36.4 Å². The molecule has 0 spiro atoms. The topological polar surface area (TPSA) is 53.6 Å². The number of hydrogen-bond donors (Lipinski definition) is 2. The van der Waals surface area contributed by atoms with Gasteiger partial charge < -0.3 is 10.3 Å². The van der Waals surface area contributed by atoms with Crippen molar-refractivity contribution in [3.63, 3.8) is 0 Å². The molecule has 114 valence electrons. The van der Waals surface area contributed by atoms with E-state index in [2.05, 4.69) is 20.3 Å². The summed E-state index contributed by atoms with van der Waals surface area (Å²) >= 11 is 0. The van der Waals surface area contributed by atoms with E-state index in [1.165, 1.54) is 6.07 Å². The number of nitrogens with one attached hydrogen (secondary N) is 2. The highest BCUT2D eigenvalue weighted by molar-refractivity contribution is 6.07. The molecule has 4 nitrogen and oxygen atoms in total. The fourth-order valence-corrected chi connectivity index (χ4v) is 2.79. The number of halogens is 1. The smallest absolute Gasteiger partial charge is 0.153 e. The SMILES string of the molecule is Fc1ccccc1CCNc1ncnc2c1[nH]c1ccccc12. The Morgan fingerprint density at radius 3 is 2.74 bits per heavy atom. The van der Waals surface area contributed by atoms with E-state index in [0.29, 0.717) is 18.5 Å². The van der Waals surface area contributed by atoms with E-state index < -0.39 is 0 Å². The number of para-hydroxylation sites is 1. The minimum Gasteiger partial charge on any atom is -0.368 e. The van der Waals surface area contributed by atoms with Crippen LogP contribution >= 0.6 is 0 Å². The molecule has 23 heavy (non-hydrogen) atoms. The minimum absolute atomic E-state index is 0.173. The van der Waals surface area contributed by atoms with Gasteiger partial charge >= 0.3 is 0 Å². The molecule has 0 aliphatic rings. The Morgan fingerprint density at radius 1 is 1.00 bits per heavy atom. The predicted molar refractivity (Wildman–Crippen MR) is 90.0 cm³/mol. The number of H-pyrrole nitrogens is 1. The fraction of sp³-hybridized carbons (Fsp3) is 0.111. The Bertz CT molecular complexity index is 977. The van der Waals surface area contributed by atoms with E-state index in [-0.39, 0.29) is 5.82 Å². The third-order valence-electron chi connectivity index (χ3n) is 3.93. The Morgan fingerprint density at radius 2 is 1.83 bits per heavy atom. The van der Waals surface area contributed by atoms with E-state index in [1.54, 1.807) is 18.5 Å². The summed E-state index contributed by atoms with van der Waals surface area (Å²) < 4.78 is 13.6. The molecule has 0 unspecified atom stereocenters. The number of aromatic amines is 1. The molecule has 5 heteroatoms. The number of hydrogen-bond acceptors (Lipinski definition) is 3. The van der Waals surface area contributed by atoms with Gasteiger partial charge in [0.15, 0.2) is 5.82 Å². The van der Waals surface area contributed by atoms with Crippen LogP contribution in [0.2, 0.25) is 0 Å². The molecule has 4 rings (SSSR count). The van der Waals surface area contributed by atoms with Gasteiger partial charge in [-0.25, -0.2) is 14.4 Å². The van der Waals surface area contributed by atoms with E-state index >= 15 is 0 Å². The fourth-order valence-electron chi connectivity index (χ4n) is 2.79. The van der Waals surface area contributed by atoms with Crippen molar-refractivity contribution in [2.24, 2.45) is 0 Å². The second-order valence-electron chi connectivity index (χ2n) is 5.38. The number of fused-ring (bicyclic) bond motifs is 3. The van der Waals surface area contributed by atoms with Crippen molar-refractivity contribution in [3.8, 4) is 0 Å². The lowest BCUT2D eigenvalue weighted by Gasteiger charge is -2.07. The molecule has 0 aliphatic carbocycles. The zero-order valence-corrected chi connectivity index (χ0v) is 12.4. The highest BCUT2D eigenvalue weighted by atomic mass is 19.1. The predicted octanol–water partition coefficient (Wildman–Crippen LogP) is 3.90. The summed E-state index contributed by atoms with van der Waals surface area (Å²) in [4.78, 5) is 12.0. The van der Waals surface area contributed by atoms with Crippen molar-refractivity contribution in [2.45, 2.75) is 6.42 Å². The minimum atomic E-state index is -0.173. The second kappa shape index (κ2) is 5.68. The molecular weight excluding hydrogens is 291 g/mol. The van der Waals surface area contributed by atoms with Crippen molar-refractivity contribution in [3.05, 3.63) is 66.2 Å². The monoisotopic (exact) mass is 306 g/mol. The second-order valence-corrected chi connectivity index (χ2v) is 5.38. The summed E-state index contributed by atoms with van der Waals surface area (Å²) in [6.07, 6.45) is 2.15. The number of benzene rings is 2. The quantitative estimate of drug-likeness (QED) is 0.601. The number of rotatable bonds is 4. The number of nitrogens with zero attached hydrogens (tertiary/aromatic N) is 2. The highest BCUT2D eigenvalue weighted by Crippen LogP contribution is 2.26. The maximum absolute atomic E-state index is 13.6. The first-order valence-electron chi connectivity index (χ1n) is 7.51. The summed E-state index contributed by atoms with van der Waals surface area (Å²) in [6.45, 7) is 0.600. The van der Waals surface area contributed by atoms with Crippen molar-refractivity contribution in [1.82, 2.24) is 15.0 Å². The lowest BCUT2D eigenvalue weighted by atomic mass is 10.1. The van der Waals surface area contributed by atoms with E-state index in [1.807, 2.05) is 30.3 Å². The van der Waals surface area contributed by atoms with Crippen molar-refractivity contribution < 1.29 is 4.39 Å². The standard InChI is InChI=1S/C18H15FN4/c19-14-7-3-1-5-12(14)9-10-20-18-17-16(21-11-22-18)13-6-2-4-8-15(13)23-17/h1-8,11,23H,9-10H2,(H,20,21,22). The van der Waals surface area contributed by atoms with Crippen LogP contribution in [0.25, 0.3) is 21.9 Å². The molecule has 2 aromatic heterocycles. The molecular formula is C18H15FN4. The Balaban J connectivity index is 1.61. The molecule has 2 aromatic carbocycles. The largest absolute Gasteiger partial charge is 0.368 e. The first-order chi connectivity index (χ1) is 11.3. The average molecular weight is 306 g/mol. The lowest BCUT2D eigenvalue weighted by Crippen LogP contribution is -2.08. The Hall–Kier alpha value is -2.95. The van der Waals surface area contributed by atoms with Crippen molar-refractivity contribution in [2.75, 3.05) is 11.9 Å². The van der Waals surface area contributed by atoms with Crippen LogP contribution in [0.3, 0.4) is 0 Å². The van der Waals surface area contributed by atoms with Gasteiger partial charge in [0.05, 0.1) is 0 Å². The molecule has 4 aromatic rings.